The zero-order valence-electron chi connectivity index (χ0n) is 52.0. The van der Waals surface area contributed by atoms with E-state index < -0.39 is 12.1 Å². The van der Waals surface area contributed by atoms with Gasteiger partial charge in [0.05, 0.1) is 25.4 Å². The summed E-state index contributed by atoms with van der Waals surface area (Å²) in [5.74, 6) is -0.0559. The second-order valence-electron chi connectivity index (χ2n) is 23.9. The van der Waals surface area contributed by atoms with Crippen LogP contribution in [0.1, 0.15) is 380 Å². The van der Waals surface area contributed by atoms with E-state index in [1.165, 1.54) is 302 Å². The topological polar surface area (TPSA) is 95.9 Å². The standard InChI is InChI=1S/C71H135NO5/c1-3-5-7-9-11-13-15-17-19-21-31-35-39-43-47-51-55-59-63-69(74)68(67-73)72-70(75)64-60-56-52-48-44-40-36-32-29-27-25-23-24-26-28-30-34-38-42-46-50-54-58-62-66-77-71(76)65-61-57-53-49-45-41-37-33-22-20-18-16-14-12-10-8-6-4-2/h14,16,20,22,59,63,68-69,73-74H,3-13,15,17-19,21,23-58,60-62,64-67H2,1-2H3,(H,72,75)/b16-14-,22-20-,63-59+. The summed E-state index contributed by atoms with van der Waals surface area (Å²) in [6.45, 7) is 4.91. The Kier molecular flexibility index (Phi) is 64.9. The van der Waals surface area contributed by atoms with Crippen molar-refractivity contribution in [2.45, 2.75) is 392 Å². The van der Waals surface area contributed by atoms with Gasteiger partial charge in [0.1, 0.15) is 0 Å². The van der Waals surface area contributed by atoms with Crippen molar-refractivity contribution in [1.82, 2.24) is 5.32 Å². The summed E-state index contributed by atoms with van der Waals surface area (Å²) in [6, 6.07) is -0.628. The third-order valence-electron chi connectivity index (χ3n) is 16.2. The molecule has 77 heavy (non-hydrogen) atoms. The highest BCUT2D eigenvalue weighted by atomic mass is 16.5. The molecule has 0 aliphatic rings. The van der Waals surface area contributed by atoms with Crippen molar-refractivity contribution in [2.75, 3.05) is 13.2 Å². The molecule has 0 aliphatic heterocycles. The van der Waals surface area contributed by atoms with Crippen LogP contribution < -0.4 is 5.32 Å². The second-order valence-corrected chi connectivity index (χ2v) is 23.9. The lowest BCUT2D eigenvalue weighted by atomic mass is 10.0. The summed E-state index contributed by atoms with van der Waals surface area (Å²) < 4.78 is 5.50. The van der Waals surface area contributed by atoms with Crippen molar-refractivity contribution in [2.24, 2.45) is 0 Å². The summed E-state index contributed by atoms with van der Waals surface area (Å²) in [5, 5.41) is 23.2. The molecule has 6 nitrogen and oxygen atoms in total. The minimum atomic E-state index is -0.844. The average molecular weight is 1080 g/mol. The SMILES string of the molecule is CCCCCC/C=C\C/C=C\CCCCCCCCCC(=O)OCCCCCCCCCCCCCCCCCCCCCCCCCCC(=O)NC(CO)C(O)/C=C/CCCCCCCCCCCCCCCCCC. The van der Waals surface area contributed by atoms with Crippen molar-refractivity contribution in [1.29, 1.82) is 0 Å². The first-order valence-corrected chi connectivity index (χ1v) is 34.8. The lowest BCUT2D eigenvalue weighted by molar-refractivity contribution is -0.143. The third kappa shape index (κ3) is 63.1. The monoisotopic (exact) mass is 1080 g/mol. The van der Waals surface area contributed by atoms with Crippen LogP contribution in [-0.2, 0) is 14.3 Å². The predicted molar refractivity (Wildman–Crippen MR) is 338 cm³/mol. The van der Waals surface area contributed by atoms with Gasteiger partial charge < -0.3 is 20.3 Å². The van der Waals surface area contributed by atoms with Crippen LogP contribution in [0, 0.1) is 0 Å². The predicted octanol–water partition coefficient (Wildman–Crippen LogP) is 22.3. The molecular weight excluding hydrogens is 947 g/mol. The van der Waals surface area contributed by atoms with Crippen molar-refractivity contribution < 1.29 is 24.5 Å². The number of rotatable bonds is 65. The molecule has 0 fully saturated rings. The van der Waals surface area contributed by atoms with Crippen LogP contribution in [0.4, 0.5) is 0 Å². The molecule has 6 heteroatoms. The minimum absolute atomic E-state index is 0.00810. The van der Waals surface area contributed by atoms with E-state index >= 15 is 0 Å². The number of nitrogens with one attached hydrogen (secondary N) is 1. The number of carbonyl (C=O) groups is 2. The van der Waals surface area contributed by atoms with Gasteiger partial charge in [-0.3, -0.25) is 9.59 Å². The molecule has 0 aromatic carbocycles. The van der Waals surface area contributed by atoms with E-state index in [4.69, 9.17) is 4.74 Å². The van der Waals surface area contributed by atoms with Gasteiger partial charge in [0.2, 0.25) is 5.91 Å². The largest absolute Gasteiger partial charge is 0.466 e. The average Bonchev–Trinajstić information content (AvgIpc) is 3.43. The summed E-state index contributed by atoms with van der Waals surface area (Å²) in [7, 11) is 0. The molecule has 0 saturated heterocycles. The Balaban J connectivity index is 3.39. The maximum absolute atomic E-state index is 12.5. The van der Waals surface area contributed by atoms with Gasteiger partial charge in [-0.05, 0) is 64.2 Å². The first-order valence-electron chi connectivity index (χ1n) is 34.8. The van der Waals surface area contributed by atoms with Crippen molar-refractivity contribution in [3.63, 3.8) is 0 Å². The molecule has 0 saturated carbocycles. The zero-order chi connectivity index (χ0) is 55.7. The molecule has 0 rings (SSSR count). The van der Waals surface area contributed by atoms with Crippen LogP contribution in [0.2, 0.25) is 0 Å². The van der Waals surface area contributed by atoms with Crippen LogP contribution in [0.15, 0.2) is 36.5 Å². The Labute approximate surface area is 481 Å². The van der Waals surface area contributed by atoms with E-state index in [1.807, 2.05) is 6.08 Å². The van der Waals surface area contributed by atoms with Gasteiger partial charge in [-0.1, -0.05) is 339 Å². The highest BCUT2D eigenvalue weighted by Gasteiger charge is 2.18. The number of hydrogen-bond acceptors (Lipinski definition) is 5. The Bertz CT molecular complexity index is 1250. The number of esters is 1. The molecule has 0 aromatic heterocycles. The van der Waals surface area contributed by atoms with Crippen molar-refractivity contribution >= 4 is 11.9 Å². The van der Waals surface area contributed by atoms with Crippen LogP contribution in [0.25, 0.3) is 0 Å². The Morgan fingerprint density at radius 1 is 0.364 bits per heavy atom. The summed E-state index contributed by atoms with van der Waals surface area (Å²) >= 11 is 0. The van der Waals surface area contributed by atoms with Gasteiger partial charge in [-0.15, -0.1) is 0 Å². The normalized spacial score (nSPS) is 12.7. The lowest BCUT2D eigenvalue weighted by Gasteiger charge is -2.20. The number of amides is 1. The van der Waals surface area contributed by atoms with Crippen LogP contribution >= 0.6 is 0 Å². The summed E-state index contributed by atoms with van der Waals surface area (Å²) in [6.07, 6.45) is 84.9. The summed E-state index contributed by atoms with van der Waals surface area (Å²) in [5.41, 5.74) is 0. The van der Waals surface area contributed by atoms with E-state index in [0.717, 1.165) is 51.4 Å². The number of aliphatic hydroxyl groups excluding tert-OH is 2. The molecule has 0 spiro atoms. The summed E-state index contributed by atoms with van der Waals surface area (Å²) in [4.78, 5) is 24.6. The second kappa shape index (κ2) is 66.6. The van der Waals surface area contributed by atoms with E-state index in [1.54, 1.807) is 6.08 Å². The van der Waals surface area contributed by atoms with E-state index in [2.05, 4.69) is 43.5 Å². The van der Waals surface area contributed by atoms with Crippen LogP contribution in [0.5, 0.6) is 0 Å². The number of hydrogen-bond donors (Lipinski definition) is 3. The Hall–Kier alpha value is -1.92. The smallest absolute Gasteiger partial charge is 0.305 e. The number of allylic oxidation sites excluding steroid dienone is 5. The van der Waals surface area contributed by atoms with E-state index in [0.29, 0.717) is 19.4 Å². The van der Waals surface area contributed by atoms with Crippen LogP contribution in [0.3, 0.4) is 0 Å². The first-order chi connectivity index (χ1) is 38.0. The zero-order valence-corrected chi connectivity index (χ0v) is 52.0. The van der Waals surface area contributed by atoms with Crippen LogP contribution in [-0.4, -0.2) is 47.4 Å². The number of aliphatic hydroxyl groups is 2. The molecule has 0 aromatic rings. The van der Waals surface area contributed by atoms with Gasteiger partial charge in [-0.25, -0.2) is 0 Å². The minimum Gasteiger partial charge on any atom is -0.466 e. The van der Waals surface area contributed by atoms with E-state index in [-0.39, 0.29) is 18.5 Å². The maximum atomic E-state index is 12.5. The quantitative estimate of drug-likeness (QED) is 0.0320. The van der Waals surface area contributed by atoms with Crippen molar-refractivity contribution in [3.8, 4) is 0 Å². The fourth-order valence-corrected chi connectivity index (χ4v) is 10.8. The van der Waals surface area contributed by atoms with Gasteiger partial charge in [-0.2, -0.15) is 0 Å². The van der Waals surface area contributed by atoms with Gasteiger partial charge in [0, 0.05) is 12.8 Å². The molecule has 3 N–H and O–H groups in total. The first kappa shape index (κ1) is 75.1. The number of carbonyl (C=O) groups excluding carboxylic acids is 2. The molecule has 0 radical (unpaired) electrons. The van der Waals surface area contributed by atoms with Gasteiger partial charge in [0.15, 0.2) is 0 Å². The third-order valence-corrected chi connectivity index (χ3v) is 16.2. The molecule has 0 aliphatic carbocycles. The molecule has 1 amide bonds. The Morgan fingerprint density at radius 2 is 0.649 bits per heavy atom. The Morgan fingerprint density at radius 3 is 1.00 bits per heavy atom. The maximum Gasteiger partial charge on any atom is 0.305 e. The molecule has 2 unspecified atom stereocenters. The van der Waals surface area contributed by atoms with Gasteiger partial charge in [0.25, 0.3) is 0 Å². The molecule has 454 valence electrons. The molecule has 0 heterocycles. The molecule has 0 bridgehead atoms. The number of unbranched alkanes of at least 4 members (excludes halogenated alkanes) is 50. The van der Waals surface area contributed by atoms with Gasteiger partial charge >= 0.3 is 5.97 Å². The molecule has 2 atom stereocenters. The number of ether oxygens (including phenoxy) is 1. The van der Waals surface area contributed by atoms with Crippen molar-refractivity contribution in [3.05, 3.63) is 36.5 Å². The lowest BCUT2D eigenvalue weighted by Crippen LogP contribution is -2.45. The van der Waals surface area contributed by atoms with E-state index in [9.17, 15) is 19.8 Å². The highest BCUT2D eigenvalue weighted by molar-refractivity contribution is 5.76. The molecular formula is C71H135NO5. The fourth-order valence-electron chi connectivity index (χ4n) is 10.8. The fraction of sp³-hybridized carbons (Fsp3) is 0.887. The highest BCUT2D eigenvalue weighted by Crippen LogP contribution is 2.18.